The van der Waals surface area contributed by atoms with E-state index in [-0.39, 0.29) is 6.04 Å². The fraction of sp³-hybridized carbons (Fsp3) is 0.250. The number of imide groups is 1. The van der Waals surface area contributed by atoms with Crippen molar-refractivity contribution in [3.05, 3.63) is 64.7 Å². The average Bonchev–Trinajstić information content (AvgIpc) is 3.50. The maximum Gasteiger partial charge on any atom is 0.338 e. The molecule has 1 aliphatic rings. The summed E-state index contributed by atoms with van der Waals surface area (Å²) in [6, 6.07) is 14.1. The van der Waals surface area contributed by atoms with Gasteiger partial charge in [-0.2, -0.15) is 0 Å². The van der Waals surface area contributed by atoms with Gasteiger partial charge in [-0.25, -0.2) is 9.59 Å². The largest absolute Gasteiger partial charge is 0.452 e. The first-order valence-electron chi connectivity index (χ1n) is 8.74. The highest BCUT2D eigenvalue weighted by Crippen LogP contribution is 2.24. The number of benzene rings is 2. The van der Waals surface area contributed by atoms with E-state index in [1.807, 2.05) is 36.4 Å². The van der Waals surface area contributed by atoms with Crippen LogP contribution in [0.3, 0.4) is 0 Å². The number of carbonyl (C=O) groups is 3. The molecule has 0 aliphatic heterocycles. The van der Waals surface area contributed by atoms with E-state index in [1.165, 1.54) is 0 Å². The van der Waals surface area contributed by atoms with Crippen molar-refractivity contribution < 1.29 is 19.1 Å². The number of carbonyl (C=O) groups excluding carboxylic acids is 3. The molecule has 2 aromatic carbocycles. The smallest absolute Gasteiger partial charge is 0.338 e. The number of urea groups is 1. The normalized spacial score (nSPS) is 12.9. The van der Waals surface area contributed by atoms with Gasteiger partial charge in [-0.05, 0) is 54.8 Å². The number of rotatable bonds is 7. The third kappa shape index (κ3) is 6.58. The minimum Gasteiger partial charge on any atom is -0.452 e. The van der Waals surface area contributed by atoms with Gasteiger partial charge in [-0.1, -0.05) is 23.7 Å². The van der Waals surface area contributed by atoms with E-state index in [4.69, 9.17) is 16.3 Å². The molecule has 0 unspecified atom stereocenters. The van der Waals surface area contributed by atoms with Crippen molar-refractivity contribution in [3.8, 4) is 0 Å². The van der Waals surface area contributed by atoms with Crippen LogP contribution in [-0.4, -0.2) is 30.6 Å². The predicted molar refractivity (Wildman–Crippen MR) is 107 cm³/mol. The number of esters is 1. The topological polar surface area (TPSA) is 84.5 Å². The minimum atomic E-state index is -0.664. The standard InChI is InChI=1S/C20H19ClN2O4S/c21-15-5-9-17(10-6-15)28-12-13-1-3-14(4-2-13)19(25)27-11-18(24)23-20(26)22-16-7-8-16/h1-6,9-10,16H,7-8,11-12H2,(H2,22,23,24,26). The van der Waals surface area contributed by atoms with Gasteiger partial charge in [0.1, 0.15) is 0 Å². The number of hydrogen-bond acceptors (Lipinski definition) is 5. The summed E-state index contributed by atoms with van der Waals surface area (Å²) in [5.41, 5.74) is 1.39. The Morgan fingerprint density at radius 1 is 1.04 bits per heavy atom. The summed E-state index contributed by atoms with van der Waals surface area (Å²) in [5, 5.41) is 5.44. The van der Waals surface area contributed by atoms with E-state index in [0.717, 1.165) is 29.1 Å². The summed E-state index contributed by atoms with van der Waals surface area (Å²) in [6.45, 7) is -0.509. The van der Waals surface area contributed by atoms with Crippen LogP contribution in [0.25, 0.3) is 0 Å². The lowest BCUT2D eigenvalue weighted by atomic mass is 10.1. The Balaban J connectivity index is 1.41. The van der Waals surface area contributed by atoms with Crippen LogP contribution in [0.15, 0.2) is 53.4 Å². The summed E-state index contributed by atoms with van der Waals surface area (Å²) in [4.78, 5) is 36.2. The van der Waals surface area contributed by atoms with Crippen molar-refractivity contribution >= 4 is 41.3 Å². The molecule has 146 valence electrons. The molecular weight excluding hydrogens is 400 g/mol. The van der Waals surface area contributed by atoms with Gasteiger partial charge in [0.25, 0.3) is 5.91 Å². The van der Waals surface area contributed by atoms with E-state index in [2.05, 4.69) is 10.6 Å². The minimum absolute atomic E-state index is 0.145. The summed E-state index contributed by atoms with van der Waals surface area (Å²) in [7, 11) is 0. The third-order valence-corrected chi connectivity index (χ3v) is 5.24. The molecule has 28 heavy (non-hydrogen) atoms. The van der Waals surface area contributed by atoms with Gasteiger partial charge in [-0.15, -0.1) is 11.8 Å². The lowest BCUT2D eigenvalue weighted by Gasteiger charge is -2.07. The summed E-state index contributed by atoms with van der Waals surface area (Å²) in [5.74, 6) is -0.535. The molecule has 0 radical (unpaired) electrons. The van der Waals surface area contributed by atoms with Crippen LogP contribution in [0.5, 0.6) is 0 Å². The molecule has 3 rings (SSSR count). The quantitative estimate of drug-likeness (QED) is 0.528. The van der Waals surface area contributed by atoms with Crippen LogP contribution < -0.4 is 10.6 Å². The predicted octanol–water partition coefficient (Wildman–Crippen LogP) is 3.78. The Kier molecular flexibility index (Phi) is 6.95. The van der Waals surface area contributed by atoms with Crippen molar-refractivity contribution in [3.63, 3.8) is 0 Å². The van der Waals surface area contributed by atoms with Gasteiger partial charge in [0, 0.05) is 21.7 Å². The fourth-order valence-corrected chi connectivity index (χ4v) is 3.24. The third-order valence-electron chi connectivity index (χ3n) is 3.91. The van der Waals surface area contributed by atoms with Crippen LogP contribution in [0.1, 0.15) is 28.8 Å². The van der Waals surface area contributed by atoms with Crippen LogP contribution in [0.2, 0.25) is 5.02 Å². The van der Waals surface area contributed by atoms with E-state index in [0.29, 0.717) is 10.6 Å². The van der Waals surface area contributed by atoms with E-state index in [9.17, 15) is 14.4 Å². The Morgan fingerprint density at radius 3 is 2.36 bits per heavy atom. The number of hydrogen-bond donors (Lipinski definition) is 2. The highest BCUT2D eigenvalue weighted by Gasteiger charge is 2.24. The van der Waals surface area contributed by atoms with Gasteiger partial charge in [0.15, 0.2) is 6.61 Å². The first-order valence-corrected chi connectivity index (χ1v) is 10.1. The van der Waals surface area contributed by atoms with Crippen LogP contribution in [0, 0.1) is 0 Å². The van der Waals surface area contributed by atoms with Gasteiger partial charge in [-0.3, -0.25) is 10.1 Å². The van der Waals surface area contributed by atoms with Crippen molar-refractivity contribution in [2.75, 3.05) is 6.61 Å². The average molecular weight is 419 g/mol. The molecule has 0 aromatic heterocycles. The highest BCUT2D eigenvalue weighted by molar-refractivity contribution is 7.98. The Morgan fingerprint density at radius 2 is 1.71 bits per heavy atom. The van der Waals surface area contributed by atoms with Crippen LogP contribution in [-0.2, 0) is 15.3 Å². The van der Waals surface area contributed by atoms with Gasteiger partial charge >= 0.3 is 12.0 Å². The molecule has 8 heteroatoms. The van der Waals surface area contributed by atoms with Gasteiger partial charge < -0.3 is 10.1 Å². The first kappa shape index (κ1) is 20.2. The van der Waals surface area contributed by atoms with E-state index in [1.54, 1.807) is 23.9 Å². The second-order valence-corrected chi connectivity index (χ2v) is 7.80. The molecule has 2 aromatic rings. The summed E-state index contributed by atoms with van der Waals surface area (Å²) in [6.07, 6.45) is 1.84. The maximum absolute atomic E-state index is 12.0. The summed E-state index contributed by atoms with van der Waals surface area (Å²) < 4.78 is 4.94. The summed E-state index contributed by atoms with van der Waals surface area (Å²) >= 11 is 7.53. The number of ether oxygens (including phenoxy) is 1. The zero-order valence-electron chi connectivity index (χ0n) is 14.9. The van der Waals surface area contributed by atoms with E-state index < -0.39 is 24.5 Å². The molecule has 0 bridgehead atoms. The van der Waals surface area contributed by atoms with Gasteiger partial charge in [0.2, 0.25) is 0 Å². The molecule has 0 spiro atoms. The maximum atomic E-state index is 12.0. The van der Waals surface area contributed by atoms with Crippen LogP contribution >= 0.6 is 23.4 Å². The van der Waals surface area contributed by atoms with E-state index >= 15 is 0 Å². The zero-order valence-corrected chi connectivity index (χ0v) is 16.5. The monoisotopic (exact) mass is 418 g/mol. The first-order chi connectivity index (χ1) is 13.5. The lowest BCUT2D eigenvalue weighted by Crippen LogP contribution is -2.42. The molecule has 1 fully saturated rings. The Labute approximate surface area is 172 Å². The molecule has 0 atom stereocenters. The second kappa shape index (κ2) is 9.61. The lowest BCUT2D eigenvalue weighted by molar-refractivity contribution is -0.123. The SMILES string of the molecule is O=C(COC(=O)c1ccc(CSc2ccc(Cl)cc2)cc1)NC(=O)NC1CC1. The number of nitrogens with one attached hydrogen (secondary N) is 2. The van der Waals surface area contributed by atoms with Crippen molar-refractivity contribution in [1.29, 1.82) is 0 Å². The highest BCUT2D eigenvalue weighted by atomic mass is 35.5. The molecular formula is C20H19ClN2O4S. The molecule has 0 saturated heterocycles. The number of halogens is 1. The molecule has 2 N–H and O–H groups in total. The second-order valence-electron chi connectivity index (χ2n) is 6.31. The van der Waals surface area contributed by atoms with Crippen molar-refractivity contribution in [2.24, 2.45) is 0 Å². The van der Waals surface area contributed by atoms with Crippen molar-refractivity contribution in [1.82, 2.24) is 10.6 Å². The number of amides is 3. The number of thioether (sulfide) groups is 1. The molecule has 1 saturated carbocycles. The Hall–Kier alpha value is -2.51. The van der Waals surface area contributed by atoms with Crippen molar-refractivity contribution in [2.45, 2.75) is 29.5 Å². The molecule has 1 aliphatic carbocycles. The zero-order chi connectivity index (χ0) is 19.9. The van der Waals surface area contributed by atoms with Crippen LogP contribution in [0.4, 0.5) is 4.79 Å². The molecule has 6 nitrogen and oxygen atoms in total. The molecule has 0 heterocycles. The fourth-order valence-electron chi connectivity index (χ4n) is 2.26. The van der Waals surface area contributed by atoms with Gasteiger partial charge in [0.05, 0.1) is 5.56 Å². The molecule has 3 amide bonds. The Bertz CT molecular complexity index is 852.